The summed E-state index contributed by atoms with van der Waals surface area (Å²) in [6, 6.07) is 4.50. The first kappa shape index (κ1) is 71.2. The van der Waals surface area contributed by atoms with Gasteiger partial charge in [0.15, 0.2) is 5.96 Å². The molecule has 27 nitrogen and oxygen atoms in total. The van der Waals surface area contributed by atoms with Crippen LogP contribution in [0.5, 0.6) is 0 Å². The van der Waals surface area contributed by atoms with Gasteiger partial charge in [-0.25, -0.2) is 4.98 Å². The van der Waals surface area contributed by atoms with Crippen molar-refractivity contribution < 1.29 is 69.3 Å². The predicted molar refractivity (Wildman–Crippen MR) is 266 cm³/mol. The number of guanidine groups is 1. The van der Waals surface area contributed by atoms with Crippen LogP contribution in [0, 0.1) is 11.8 Å². The summed E-state index contributed by atoms with van der Waals surface area (Å²) in [4.78, 5) is 81.6. The number of rotatable bonds is 23. The van der Waals surface area contributed by atoms with Crippen molar-refractivity contribution in [1.82, 2.24) is 15.3 Å². The van der Waals surface area contributed by atoms with Crippen LogP contribution < -0.4 is 56.9 Å². The van der Waals surface area contributed by atoms with Gasteiger partial charge in [-0.15, -0.1) is 0 Å². The Balaban J connectivity index is -0.000000370. The van der Waals surface area contributed by atoms with Gasteiger partial charge >= 0.3 is 41.8 Å². The number of nitrogens with zero attached hydrogens (tertiary/aromatic N) is 2. The fraction of sp³-hybridized carbons (Fsp3) is 0.614. The van der Waals surface area contributed by atoms with Crippen molar-refractivity contribution in [2.45, 2.75) is 141 Å². The maximum absolute atomic E-state index is 10.4. The number of H-pyrrole nitrogens is 1. The summed E-state index contributed by atoms with van der Waals surface area (Å²) in [5.74, 6) is -6.00. The van der Waals surface area contributed by atoms with E-state index in [2.05, 4.69) is 20.3 Å². The molecule has 8 atom stereocenters. The highest BCUT2D eigenvalue weighted by Crippen LogP contribution is 2.06. The van der Waals surface area contributed by atoms with Crippen LogP contribution in [0.2, 0.25) is 0 Å². The Labute approximate surface area is 414 Å². The highest BCUT2D eigenvalue weighted by molar-refractivity contribution is 5.76. The van der Waals surface area contributed by atoms with E-state index in [4.69, 9.17) is 87.3 Å². The van der Waals surface area contributed by atoms with Crippen LogP contribution >= 0.6 is 0 Å². The normalized spacial score (nSPS) is 15.0. The van der Waals surface area contributed by atoms with E-state index in [0.717, 1.165) is 49.9 Å². The second-order valence-corrected chi connectivity index (χ2v) is 16.3. The molecule has 0 aliphatic carbocycles. The average molecular weight is 1020 g/mol. The molecule has 7 unspecified atom stereocenters. The number of benzene rings is 1. The summed E-state index contributed by atoms with van der Waals surface area (Å²) in [6.07, 6.45) is 9.99. The molecule has 0 radical (unpaired) electrons. The number of aromatic nitrogens is 2. The van der Waals surface area contributed by atoms with Crippen LogP contribution in [0.1, 0.15) is 96.7 Å². The van der Waals surface area contributed by atoms with Gasteiger partial charge in [-0.05, 0) is 81.9 Å². The third kappa shape index (κ3) is 44.6. The first-order valence-corrected chi connectivity index (χ1v) is 22.7. The number of unbranched alkanes of at least 4 members (excludes halogenated alkanes) is 1. The van der Waals surface area contributed by atoms with Gasteiger partial charge < -0.3 is 97.6 Å². The van der Waals surface area contributed by atoms with Crippen molar-refractivity contribution >= 4 is 47.7 Å². The minimum atomic E-state index is -1.00. The summed E-state index contributed by atoms with van der Waals surface area (Å²) in [5, 5.41) is 61.5. The minimum absolute atomic E-state index is 0.0129. The van der Waals surface area contributed by atoms with E-state index >= 15 is 0 Å². The summed E-state index contributed by atoms with van der Waals surface area (Å²) < 4.78 is 0. The Kier molecular flexibility index (Phi) is 43.8. The van der Waals surface area contributed by atoms with Crippen LogP contribution in [0.15, 0.2) is 47.8 Å². The standard InChI is InChI=1S/C9H11NO2.C6H14N4O2.C6H9N3O2.C6H14N2O2.2C6H13NO2.C5H9NO2/c10-8(9(11)12)6-7-4-2-1-3-5-7;7-4(5(11)12)2-1-3-10-6(8)9;7-5(6(10)11)1-4-2-8-3-9-4;7-4-2-1-3-5(8)6(9)10;1-4(2)3-5(7)6(8)9;1-3-4(2)5(7)6(8)9;7-5(8)4-2-1-3-6-4/h1-5,8H,6,10H2,(H,11,12);4H,1-3,7H2,(H,11,12)(H4,8,9,10);2-3,5H,1,7H2,(H,8,9)(H,10,11);5H,1-4,7-8H2,(H,9,10);2*4-5H,3,7H2,1-2H3,(H,8,9);4,6H,1-3H2,(H,7,8)/t;;;;;;4-/m......0/s1. The van der Waals surface area contributed by atoms with Crippen LogP contribution in [0.25, 0.3) is 0 Å². The van der Waals surface area contributed by atoms with E-state index < -0.39 is 78.0 Å². The fourth-order valence-electron chi connectivity index (χ4n) is 4.95. The SMILES string of the molecule is CC(C)CC(N)C(=O)O.CCC(C)C(N)C(=O)O.NC(Cc1ccccc1)C(=O)O.NC(Cc1cnc[nH]1)C(=O)O.NC(N)=NCCCC(N)C(=O)O.NCCCCC(N)C(=O)O.O=C(O)[C@@H]1CCCN1. The monoisotopic (exact) mass is 1020 g/mol. The van der Waals surface area contributed by atoms with Crippen LogP contribution in [0.4, 0.5) is 0 Å². The largest absolute Gasteiger partial charge is 0.480 e. The van der Waals surface area contributed by atoms with Crippen molar-refractivity contribution in [2.24, 2.45) is 68.4 Å². The molecule has 3 rings (SSSR count). The molecule has 1 aliphatic heterocycles. The number of carboxylic acid groups (broad SMARTS) is 7. The molecular formula is C44H83N13O14. The lowest BCUT2D eigenvalue weighted by molar-refractivity contribution is -0.140. The predicted octanol–water partition coefficient (Wildman–Crippen LogP) is -1.30. The number of nitrogens with two attached hydrogens (primary N) is 9. The molecule has 0 bridgehead atoms. The Bertz CT molecular complexity index is 1770. The van der Waals surface area contributed by atoms with Crippen molar-refractivity contribution in [3.63, 3.8) is 0 Å². The molecule has 0 saturated carbocycles. The van der Waals surface area contributed by atoms with E-state index in [9.17, 15) is 33.6 Å². The molecule has 1 aromatic carbocycles. The van der Waals surface area contributed by atoms with Gasteiger partial charge in [0.05, 0.1) is 6.33 Å². The Morgan fingerprint density at radius 2 is 1.18 bits per heavy atom. The maximum atomic E-state index is 10.4. The van der Waals surface area contributed by atoms with E-state index in [1.807, 2.05) is 58.0 Å². The topological polar surface area (TPSA) is 548 Å². The highest BCUT2D eigenvalue weighted by atomic mass is 16.4. The van der Waals surface area contributed by atoms with Gasteiger partial charge in [0.1, 0.15) is 42.3 Å². The number of carbonyl (C=O) groups is 7. The zero-order valence-corrected chi connectivity index (χ0v) is 41.2. The van der Waals surface area contributed by atoms with Crippen molar-refractivity contribution in [3.05, 3.63) is 54.1 Å². The van der Waals surface area contributed by atoms with E-state index in [1.54, 1.807) is 6.20 Å². The Hall–Kier alpha value is -6.33. The maximum Gasteiger partial charge on any atom is 0.320 e. The molecular weight excluding hydrogens is 935 g/mol. The zero-order valence-electron chi connectivity index (χ0n) is 41.2. The number of nitrogens with one attached hydrogen (secondary N) is 2. The molecule has 1 aliphatic rings. The highest BCUT2D eigenvalue weighted by Gasteiger charge is 2.20. The van der Waals surface area contributed by atoms with Crippen LogP contribution in [-0.4, -0.2) is 155 Å². The number of hydrogen-bond acceptors (Lipinski definition) is 17. The lowest BCUT2D eigenvalue weighted by Gasteiger charge is -2.11. The lowest BCUT2D eigenvalue weighted by atomic mass is 10.0. The number of aliphatic imine (C=N–C) groups is 1. The van der Waals surface area contributed by atoms with Gasteiger partial charge in [0.2, 0.25) is 0 Å². The van der Waals surface area contributed by atoms with Gasteiger partial charge in [0, 0.05) is 24.9 Å². The quantitative estimate of drug-likeness (QED) is 0.0349. The lowest BCUT2D eigenvalue weighted by Crippen LogP contribution is -2.36. The minimum Gasteiger partial charge on any atom is -0.480 e. The zero-order chi connectivity index (χ0) is 55.6. The number of aliphatic carboxylic acids is 7. The first-order chi connectivity index (χ1) is 33.0. The number of aromatic amines is 1. The van der Waals surface area contributed by atoms with Gasteiger partial charge in [0.25, 0.3) is 0 Å². The smallest absolute Gasteiger partial charge is 0.320 e. The second kappa shape index (κ2) is 43.7. The molecule has 1 aromatic heterocycles. The molecule has 2 aromatic rings. The third-order valence-corrected chi connectivity index (χ3v) is 9.44. The Morgan fingerprint density at radius 3 is 1.51 bits per heavy atom. The van der Waals surface area contributed by atoms with Crippen LogP contribution in [0.3, 0.4) is 0 Å². The molecule has 1 fully saturated rings. The molecule has 71 heavy (non-hydrogen) atoms. The molecule has 408 valence electrons. The molecule has 0 spiro atoms. The first-order valence-electron chi connectivity index (χ1n) is 22.7. The number of hydrogen-bond donors (Lipinski definition) is 18. The molecule has 27 N–H and O–H groups in total. The molecule has 0 amide bonds. The van der Waals surface area contributed by atoms with E-state index in [0.29, 0.717) is 51.1 Å². The van der Waals surface area contributed by atoms with Gasteiger partial charge in [-0.2, -0.15) is 0 Å². The average Bonchev–Trinajstić information content (AvgIpc) is 4.04. The fourth-order valence-corrected chi connectivity index (χ4v) is 4.95. The van der Waals surface area contributed by atoms with Crippen molar-refractivity contribution in [1.29, 1.82) is 0 Å². The molecule has 1 saturated heterocycles. The number of carboxylic acids is 7. The van der Waals surface area contributed by atoms with Crippen molar-refractivity contribution in [3.8, 4) is 0 Å². The van der Waals surface area contributed by atoms with Crippen molar-refractivity contribution in [2.75, 3.05) is 19.6 Å². The van der Waals surface area contributed by atoms with Gasteiger partial charge in [-0.1, -0.05) is 70.9 Å². The summed E-state index contributed by atoms with van der Waals surface area (Å²) in [6.45, 7) is 9.53. The molecule has 27 heteroatoms. The third-order valence-electron chi connectivity index (χ3n) is 9.44. The van der Waals surface area contributed by atoms with Gasteiger partial charge in [-0.3, -0.25) is 38.6 Å². The number of imidazole rings is 1. The molecule has 2 heterocycles. The second-order valence-electron chi connectivity index (χ2n) is 16.3. The summed E-state index contributed by atoms with van der Waals surface area (Å²) in [5.41, 5.74) is 48.5. The Morgan fingerprint density at radius 1 is 0.690 bits per heavy atom. The summed E-state index contributed by atoms with van der Waals surface area (Å²) >= 11 is 0. The van der Waals surface area contributed by atoms with Crippen LogP contribution in [-0.2, 0) is 46.4 Å². The summed E-state index contributed by atoms with van der Waals surface area (Å²) in [7, 11) is 0. The van der Waals surface area contributed by atoms with E-state index in [-0.39, 0.29) is 24.3 Å². The van der Waals surface area contributed by atoms with E-state index in [1.165, 1.54) is 6.33 Å².